The van der Waals surface area contributed by atoms with Crippen LogP contribution in [0.1, 0.15) is 16.0 Å². The Morgan fingerprint density at radius 2 is 2.00 bits per heavy atom. The molecule has 0 aliphatic carbocycles. The minimum Gasteiger partial charge on any atom is -0.258 e. The highest BCUT2D eigenvalue weighted by atomic mass is 127. The van der Waals surface area contributed by atoms with Gasteiger partial charge in [-0.05, 0) is 46.7 Å². The van der Waals surface area contributed by atoms with Gasteiger partial charge in [-0.2, -0.15) is 0 Å². The first-order valence-corrected chi connectivity index (χ1v) is 7.80. The average molecular weight is 450 g/mol. The average Bonchev–Trinajstić information content (AvgIpc) is 2.38. The Morgan fingerprint density at radius 1 is 1.30 bits per heavy atom. The summed E-state index contributed by atoms with van der Waals surface area (Å²) in [5.74, 6) is -0.288. The van der Waals surface area contributed by atoms with Crippen LogP contribution < -0.4 is 0 Å². The maximum absolute atomic E-state index is 13.1. The van der Waals surface area contributed by atoms with Crippen molar-refractivity contribution in [2.75, 3.05) is 0 Å². The molecule has 0 aliphatic heterocycles. The number of alkyl halides is 1. The first kappa shape index (κ1) is 15.4. The largest absolute Gasteiger partial charge is 0.272 e. The molecule has 2 rings (SSSR count). The summed E-state index contributed by atoms with van der Waals surface area (Å²) >= 11 is 5.59. The minimum absolute atomic E-state index is 0.101. The Labute approximate surface area is 137 Å². The predicted octanol–water partition coefficient (Wildman–Crippen LogP) is 5.02. The number of benzene rings is 2. The second-order valence-electron chi connectivity index (χ2n) is 4.22. The van der Waals surface area contributed by atoms with Crippen LogP contribution in [0, 0.1) is 19.5 Å². The van der Waals surface area contributed by atoms with Crippen molar-refractivity contribution in [3.8, 4) is 0 Å². The first-order chi connectivity index (χ1) is 9.49. The summed E-state index contributed by atoms with van der Waals surface area (Å²) in [5.41, 5.74) is 1.68. The van der Waals surface area contributed by atoms with Crippen LogP contribution >= 0.6 is 38.5 Å². The van der Waals surface area contributed by atoms with Crippen molar-refractivity contribution in [2.24, 2.45) is 0 Å². The van der Waals surface area contributed by atoms with Gasteiger partial charge in [-0.15, -0.1) is 0 Å². The lowest BCUT2D eigenvalue weighted by molar-refractivity contribution is -0.385. The van der Waals surface area contributed by atoms with Crippen LogP contribution in [-0.4, -0.2) is 4.92 Å². The van der Waals surface area contributed by atoms with Crippen molar-refractivity contribution < 1.29 is 9.31 Å². The molecule has 20 heavy (non-hydrogen) atoms. The zero-order chi connectivity index (χ0) is 14.7. The van der Waals surface area contributed by atoms with Crippen molar-refractivity contribution in [2.45, 2.75) is 11.2 Å². The Balaban J connectivity index is 2.28. The first-order valence-electron chi connectivity index (χ1n) is 5.80. The van der Waals surface area contributed by atoms with E-state index in [1.165, 1.54) is 18.2 Å². The monoisotopic (exact) mass is 449 g/mol. The molecule has 2 aromatic rings. The van der Waals surface area contributed by atoms with Crippen molar-refractivity contribution in [1.82, 2.24) is 0 Å². The van der Waals surface area contributed by atoms with Gasteiger partial charge < -0.3 is 0 Å². The number of halogens is 3. The zero-order valence-electron chi connectivity index (χ0n) is 10.2. The molecule has 1 atom stereocenters. The van der Waals surface area contributed by atoms with Crippen molar-refractivity contribution in [3.63, 3.8) is 0 Å². The summed E-state index contributed by atoms with van der Waals surface area (Å²) < 4.78 is 13.9. The van der Waals surface area contributed by atoms with E-state index in [-0.39, 0.29) is 21.3 Å². The summed E-state index contributed by atoms with van der Waals surface area (Å²) in [7, 11) is 0. The fourth-order valence-electron chi connectivity index (χ4n) is 1.92. The van der Waals surface area contributed by atoms with Gasteiger partial charge in [0.15, 0.2) is 0 Å². The highest BCUT2D eigenvalue weighted by Gasteiger charge is 2.18. The van der Waals surface area contributed by atoms with Crippen molar-refractivity contribution in [3.05, 3.63) is 73.1 Å². The van der Waals surface area contributed by atoms with Crippen molar-refractivity contribution in [1.29, 1.82) is 0 Å². The standard InChI is InChI=1S/C14H10BrFINO2/c15-12(11-6-5-10(16)8-13(11)17)7-9-3-1-2-4-14(9)18(19)20/h1-6,8,12H,7H2. The van der Waals surface area contributed by atoms with E-state index < -0.39 is 0 Å². The van der Waals surface area contributed by atoms with E-state index in [0.717, 1.165) is 9.13 Å². The van der Waals surface area contributed by atoms with E-state index in [4.69, 9.17) is 0 Å². The second-order valence-corrected chi connectivity index (χ2v) is 6.49. The summed E-state index contributed by atoms with van der Waals surface area (Å²) in [6.45, 7) is 0. The predicted molar refractivity (Wildman–Crippen MR) is 87.6 cm³/mol. The Kier molecular flexibility index (Phi) is 5.09. The highest BCUT2D eigenvalue weighted by Crippen LogP contribution is 2.33. The third-order valence-electron chi connectivity index (χ3n) is 2.89. The molecule has 1 unspecified atom stereocenters. The quantitative estimate of drug-likeness (QED) is 0.285. The molecule has 6 heteroatoms. The minimum atomic E-state index is -0.384. The lowest BCUT2D eigenvalue weighted by Gasteiger charge is -2.12. The molecule has 0 amide bonds. The van der Waals surface area contributed by atoms with Gasteiger partial charge >= 0.3 is 0 Å². The van der Waals surface area contributed by atoms with Crippen LogP contribution in [0.3, 0.4) is 0 Å². The molecular formula is C14H10BrFINO2. The molecule has 0 bridgehead atoms. The lowest BCUT2D eigenvalue weighted by Crippen LogP contribution is -2.01. The number of nitrogens with zero attached hydrogens (tertiary/aromatic N) is 1. The molecular weight excluding hydrogens is 440 g/mol. The van der Waals surface area contributed by atoms with Crippen LogP contribution in [0.5, 0.6) is 0 Å². The second kappa shape index (κ2) is 6.62. The van der Waals surface area contributed by atoms with Gasteiger partial charge in [-0.25, -0.2) is 4.39 Å². The number of nitro groups is 1. The molecule has 2 aromatic carbocycles. The highest BCUT2D eigenvalue weighted by molar-refractivity contribution is 14.1. The zero-order valence-corrected chi connectivity index (χ0v) is 14.0. The van der Waals surface area contributed by atoms with Gasteiger partial charge in [0.25, 0.3) is 5.69 Å². The maximum Gasteiger partial charge on any atom is 0.272 e. The number of rotatable bonds is 4. The van der Waals surface area contributed by atoms with E-state index in [0.29, 0.717) is 12.0 Å². The van der Waals surface area contributed by atoms with Crippen molar-refractivity contribution >= 4 is 44.2 Å². The van der Waals surface area contributed by atoms with Crippen LogP contribution in [0.2, 0.25) is 0 Å². The van der Waals surface area contributed by atoms with Crippen LogP contribution in [0.15, 0.2) is 42.5 Å². The van der Waals surface area contributed by atoms with Gasteiger partial charge in [-0.3, -0.25) is 10.1 Å². The Morgan fingerprint density at radius 3 is 2.65 bits per heavy atom. The number of para-hydroxylation sites is 1. The lowest BCUT2D eigenvalue weighted by atomic mass is 10.0. The van der Waals surface area contributed by atoms with Crippen LogP contribution in [0.25, 0.3) is 0 Å². The Hall–Kier alpha value is -1.02. The summed E-state index contributed by atoms with van der Waals surface area (Å²) in [6.07, 6.45) is 0.471. The number of hydrogen-bond acceptors (Lipinski definition) is 2. The summed E-state index contributed by atoms with van der Waals surface area (Å²) in [4.78, 5) is 10.5. The van der Waals surface area contributed by atoms with E-state index in [2.05, 4.69) is 38.5 Å². The molecule has 0 spiro atoms. The molecule has 0 fully saturated rings. The third kappa shape index (κ3) is 3.54. The Bertz CT molecular complexity index is 651. The van der Waals surface area contributed by atoms with Crippen LogP contribution in [-0.2, 0) is 6.42 Å². The fraction of sp³-hybridized carbons (Fsp3) is 0.143. The topological polar surface area (TPSA) is 43.1 Å². The van der Waals surface area contributed by atoms with E-state index in [1.807, 2.05) is 0 Å². The van der Waals surface area contributed by atoms with E-state index in [9.17, 15) is 14.5 Å². The van der Waals surface area contributed by atoms with E-state index in [1.54, 1.807) is 24.3 Å². The van der Waals surface area contributed by atoms with Gasteiger partial charge in [-0.1, -0.05) is 40.2 Å². The molecule has 0 aromatic heterocycles. The summed E-state index contributed by atoms with van der Waals surface area (Å²) in [5, 5.41) is 11.0. The third-order valence-corrected chi connectivity index (χ3v) is 4.64. The molecule has 0 saturated carbocycles. The molecule has 0 radical (unpaired) electrons. The molecule has 0 saturated heterocycles. The van der Waals surface area contributed by atoms with Gasteiger partial charge in [0, 0.05) is 20.0 Å². The maximum atomic E-state index is 13.1. The van der Waals surface area contributed by atoms with Gasteiger partial charge in [0.2, 0.25) is 0 Å². The molecule has 0 N–H and O–H groups in total. The number of nitro benzene ring substituents is 1. The normalized spacial score (nSPS) is 12.2. The molecule has 0 heterocycles. The SMILES string of the molecule is O=[N+]([O-])c1ccccc1CC(Br)c1ccc(F)cc1I. The summed E-state index contributed by atoms with van der Waals surface area (Å²) in [6, 6.07) is 11.2. The van der Waals surface area contributed by atoms with Crippen LogP contribution in [0.4, 0.5) is 10.1 Å². The smallest absolute Gasteiger partial charge is 0.258 e. The fourth-order valence-corrected chi connectivity index (χ4v) is 3.95. The molecule has 104 valence electrons. The molecule has 0 aliphatic rings. The molecule has 3 nitrogen and oxygen atoms in total. The van der Waals surface area contributed by atoms with Gasteiger partial charge in [0.1, 0.15) is 5.82 Å². The number of hydrogen-bond donors (Lipinski definition) is 0. The van der Waals surface area contributed by atoms with E-state index >= 15 is 0 Å². The van der Waals surface area contributed by atoms with Gasteiger partial charge in [0.05, 0.1) is 4.92 Å².